The molecule has 0 unspecified atom stereocenters. The maximum absolute atomic E-state index is 13.8. The van der Waals surface area contributed by atoms with Gasteiger partial charge in [-0.25, -0.2) is 4.79 Å². The van der Waals surface area contributed by atoms with Gasteiger partial charge >= 0.3 is 6.09 Å². The van der Waals surface area contributed by atoms with E-state index in [-0.39, 0.29) is 24.8 Å². The van der Waals surface area contributed by atoms with Gasteiger partial charge in [-0.15, -0.1) is 0 Å². The topological polar surface area (TPSA) is 55.8 Å². The molecule has 2 aromatic rings. The van der Waals surface area contributed by atoms with E-state index in [0.29, 0.717) is 18.8 Å². The van der Waals surface area contributed by atoms with E-state index < -0.39 is 10.8 Å². The van der Waals surface area contributed by atoms with E-state index in [1.807, 2.05) is 55.5 Å². The summed E-state index contributed by atoms with van der Waals surface area (Å²) >= 11 is 0. The smallest absolute Gasteiger partial charge is 0.415 e. The van der Waals surface area contributed by atoms with Crippen LogP contribution < -0.4 is 4.90 Å². The number of nitrogens with zero attached hydrogens (tertiary/aromatic N) is 1. The van der Waals surface area contributed by atoms with Gasteiger partial charge in [-0.2, -0.15) is 0 Å². The van der Waals surface area contributed by atoms with Gasteiger partial charge in [0.05, 0.1) is 17.8 Å². The number of amides is 1. The standard InChI is InChI=1S/C28H33NO4/c1-3-32-23-18-24(30)28(16-10-5-11-17-28)27(2)21-14-8-9-15-22(21)29(25(23)27)26(31)33-19-20-12-6-4-7-13-20/h4,6-9,12-15,23,25H,3,5,10-11,16-19H2,1-2H3/t23-,25+,27+/m1/s1. The first-order chi connectivity index (χ1) is 16.0. The molecule has 0 bridgehead atoms. The molecular weight excluding hydrogens is 414 g/mol. The molecule has 2 aliphatic carbocycles. The summed E-state index contributed by atoms with van der Waals surface area (Å²) in [4.78, 5) is 29.2. The van der Waals surface area contributed by atoms with Gasteiger partial charge in [-0.05, 0) is 37.0 Å². The van der Waals surface area contributed by atoms with E-state index in [2.05, 4.69) is 13.0 Å². The number of anilines is 1. The molecule has 2 saturated carbocycles. The Hall–Kier alpha value is -2.66. The predicted molar refractivity (Wildman–Crippen MR) is 127 cm³/mol. The second kappa shape index (κ2) is 8.60. The number of rotatable bonds is 4. The van der Waals surface area contributed by atoms with Crippen LogP contribution in [0.2, 0.25) is 0 Å². The Labute approximate surface area is 196 Å². The Bertz CT molecular complexity index is 1030. The third-order valence-electron chi connectivity index (χ3n) is 8.35. The summed E-state index contributed by atoms with van der Waals surface area (Å²) in [7, 11) is 0. The maximum atomic E-state index is 13.8. The molecule has 3 atom stereocenters. The first-order valence-electron chi connectivity index (χ1n) is 12.3. The Morgan fingerprint density at radius 3 is 2.45 bits per heavy atom. The fraction of sp³-hybridized carbons (Fsp3) is 0.500. The highest BCUT2D eigenvalue weighted by atomic mass is 16.6. The van der Waals surface area contributed by atoms with Gasteiger partial charge < -0.3 is 9.47 Å². The molecule has 5 nitrogen and oxygen atoms in total. The van der Waals surface area contributed by atoms with Gasteiger partial charge in [0.1, 0.15) is 12.4 Å². The first-order valence-corrected chi connectivity index (χ1v) is 12.3. The zero-order valence-electron chi connectivity index (χ0n) is 19.6. The van der Waals surface area contributed by atoms with E-state index >= 15 is 0 Å². The summed E-state index contributed by atoms with van der Waals surface area (Å²) in [5, 5.41) is 0. The molecule has 0 aromatic heterocycles. The Morgan fingerprint density at radius 1 is 1.03 bits per heavy atom. The van der Waals surface area contributed by atoms with Crippen molar-refractivity contribution in [1.82, 2.24) is 0 Å². The lowest BCUT2D eigenvalue weighted by molar-refractivity contribution is -0.149. The van der Waals surface area contributed by atoms with Crippen molar-refractivity contribution >= 4 is 17.6 Å². The fourth-order valence-corrected chi connectivity index (χ4v) is 6.87. The van der Waals surface area contributed by atoms with Crippen LogP contribution in [-0.4, -0.2) is 30.6 Å². The second-order valence-corrected chi connectivity index (χ2v) is 9.84. The molecule has 2 aromatic carbocycles. The summed E-state index contributed by atoms with van der Waals surface area (Å²) < 4.78 is 12.0. The van der Waals surface area contributed by atoms with Crippen molar-refractivity contribution in [3.05, 3.63) is 65.7 Å². The summed E-state index contributed by atoms with van der Waals surface area (Å²) in [6.07, 6.45) is 4.64. The predicted octanol–water partition coefficient (Wildman–Crippen LogP) is 5.80. The number of para-hydroxylation sites is 1. The number of Topliss-reactive ketones (excluding diaryl/α,β-unsaturated/α-hetero) is 1. The third kappa shape index (κ3) is 3.31. The van der Waals surface area contributed by atoms with E-state index in [1.165, 1.54) is 0 Å². The molecule has 1 amide bonds. The van der Waals surface area contributed by atoms with Gasteiger partial charge in [-0.3, -0.25) is 9.69 Å². The van der Waals surface area contributed by atoms with Crippen molar-refractivity contribution in [2.75, 3.05) is 11.5 Å². The van der Waals surface area contributed by atoms with Crippen LogP contribution in [0.3, 0.4) is 0 Å². The zero-order valence-corrected chi connectivity index (χ0v) is 19.6. The largest absolute Gasteiger partial charge is 0.444 e. The number of carbonyl (C=O) groups is 2. The molecule has 33 heavy (non-hydrogen) atoms. The molecule has 1 heterocycles. The molecule has 0 saturated heterocycles. The highest BCUT2D eigenvalue weighted by Crippen LogP contribution is 2.63. The lowest BCUT2D eigenvalue weighted by Crippen LogP contribution is -2.67. The van der Waals surface area contributed by atoms with Crippen molar-refractivity contribution in [3.8, 4) is 0 Å². The SMILES string of the molecule is CCO[C@@H]1CC(=O)C2(CCCCC2)[C@@]2(C)c3ccccc3N(C(=O)OCc3ccccc3)[C@@H]12. The minimum absolute atomic E-state index is 0.213. The summed E-state index contributed by atoms with van der Waals surface area (Å²) in [5.41, 5.74) is 1.91. The monoisotopic (exact) mass is 447 g/mol. The normalized spacial score (nSPS) is 27.8. The van der Waals surface area contributed by atoms with Gasteiger partial charge in [0.25, 0.3) is 0 Å². The minimum atomic E-state index is -0.509. The zero-order chi connectivity index (χ0) is 23.1. The number of hydrogen-bond donors (Lipinski definition) is 0. The molecule has 5 heteroatoms. The Morgan fingerprint density at radius 2 is 1.73 bits per heavy atom. The van der Waals surface area contributed by atoms with Crippen LogP contribution in [0.1, 0.15) is 63.5 Å². The number of hydrogen-bond acceptors (Lipinski definition) is 4. The molecule has 2 fully saturated rings. The first kappa shape index (κ1) is 22.1. The molecule has 0 N–H and O–H groups in total. The molecular formula is C28H33NO4. The number of benzene rings is 2. The van der Waals surface area contributed by atoms with Crippen molar-refractivity contribution in [2.24, 2.45) is 5.41 Å². The van der Waals surface area contributed by atoms with Crippen LogP contribution in [0.25, 0.3) is 0 Å². The van der Waals surface area contributed by atoms with E-state index in [4.69, 9.17) is 9.47 Å². The Kier molecular flexibility index (Phi) is 5.77. The van der Waals surface area contributed by atoms with E-state index in [9.17, 15) is 9.59 Å². The number of ether oxygens (including phenoxy) is 2. The summed E-state index contributed by atoms with van der Waals surface area (Å²) in [5.74, 6) is 0.300. The maximum Gasteiger partial charge on any atom is 0.415 e. The Balaban J connectivity index is 1.59. The molecule has 5 rings (SSSR count). The van der Waals surface area contributed by atoms with Gasteiger partial charge in [0.2, 0.25) is 0 Å². The molecule has 0 radical (unpaired) electrons. The van der Waals surface area contributed by atoms with Crippen LogP contribution in [0.15, 0.2) is 54.6 Å². The summed E-state index contributed by atoms with van der Waals surface area (Å²) in [6.45, 7) is 4.87. The highest BCUT2D eigenvalue weighted by molar-refractivity contribution is 5.97. The minimum Gasteiger partial charge on any atom is -0.444 e. The van der Waals surface area contributed by atoms with Crippen LogP contribution in [-0.2, 0) is 26.3 Å². The highest BCUT2D eigenvalue weighted by Gasteiger charge is 2.68. The van der Waals surface area contributed by atoms with Crippen LogP contribution in [0.5, 0.6) is 0 Å². The average molecular weight is 448 g/mol. The lowest BCUT2D eigenvalue weighted by Gasteiger charge is -2.56. The van der Waals surface area contributed by atoms with Gasteiger partial charge in [0, 0.05) is 23.9 Å². The fourth-order valence-electron chi connectivity index (χ4n) is 6.87. The lowest BCUT2D eigenvalue weighted by atomic mass is 9.47. The van der Waals surface area contributed by atoms with Crippen molar-refractivity contribution in [1.29, 1.82) is 0 Å². The molecule has 1 spiro atoms. The van der Waals surface area contributed by atoms with Gasteiger partial charge in [0.15, 0.2) is 0 Å². The van der Waals surface area contributed by atoms with Crippen LogP contribution >= 0.6 is 0 Å². The van der Waals surface area contributed by atoms with Gasteiger partial charge in [-0.1, -0.05) is 74.7 Å². The molecule has 174 valence electrons. The van der Waals surface area contributed by atoms with Crippen molar-refractivity contribution in [2.45, 2.75) is 76.5 Å². The average Bonchev–Trinajstić information content (AvgIpc) is 3.13. The molecule has 1 aliphatic heterocycles. The number of ketones is 1. The quantitative estimate of drug-likeness (QED) is 0.595. The van der Waals surface area contributed by atoms with E-state index in [0.717, 1.165) is 48.9 Å². The van der Waals surface area contributed by atoms with Crippen molar-refractivity contribution < 1.29 is 19.1 Å². The van der Waals surface area contributed by atoms with E-state index in [1.54, 1.807) is 4.90 Å². The second-order valence-electron chi connectivity index (χ2n) is 9.84. The molecule has 3 aliphatic rings. The number of carbonyl (C=O) groups excluding carboxylic acids is 2. The van der Waals surface area contributed by atoms with Crippen LogP contribution in [0.4, 0.5) is 10.5 Å². The third-order valence-corrected chi connectivity index (χ3v) is 8.35. The summed E-state index contributed by atoms with van der Waals surface area (Å²) in [6, 6.07) is 17.5. The van der Waals surface area contributed by atoms with Crippen molar-refractivity contribution in [3.63, 3.8) is 0 Å². The van der Waals surface area contributed by atoms with Crippen LogP contribution in [0, 0.1) is 5.41 Å². The number of fused-ring (bicyclic) bond motifs is 4.